The van der Waals surface area contributed by atoms with E-state index in [0.29, 0.717) is 47.3 Å². The number of carbonyl (C=O) groups excluding carboxylic acids is 1. The first-order valence-corrected chi connectivity index (χ1v) is 25.4. The molecule has 0 heterocycles. The molecule has 65 heavy (non-hydrogen) atoms. The fourth-order valence-electron chi connectivity index (χ4n) is 10.7. The van der Waals surface area contributed by atoms with E-state index >= 15 is 0 Å². The molecule has 0 unspecified atom stereocenters. The highest BCUT2D eigenvalue weighted by Crippen LogP contribution is 2.64. The smallest absolute Gasteiger partial charge is 0.310 e. The van der Waals surface area contributed by atoms with E-state index in [-0.39, 0.29) is 81.7 Å². The average Bonchev–Trinajstić information content (AvgIpc) is 3.48. The molecule has 3 aliphatic rings. The second-order valence-electron chi connectivity index (χ2n) is 24.9. The van der Waals surface area contributed by atoms with E-state index in [1.54, 1.807) is 0 Å². The van der Waals surface area contributed by atoms with E-state index < -0.39 is 20.9 Å². The summed E-state index contributed by atoms with van der Waals surface area (Å²) in [5.74, 6) is 1.01. The molecule has 7 rings (SSSR count). The highest BCUT2D eigenvalue weighted by atomic mass is 32.2. The molecular formula is C57H76O7S. The van der Waals surface area contributed by atoms with Gasteiger partial charge in [-0.3, -0.25) is 4.79 Å². The van der Waals surface area contributed by atoms with Crippen molar-refractivity contribution in [3.8, 4) is 23.0 Å². The molecule has 2 atom stereocenters. The highest BCUT2D eigenvalue weighted by Gasteiger charge is 2.65. The van der Waals surface area contributed by atoms with Crippen LogP contribution in [0.5, 0.6) is 23.0 Å². The summed E-state index contributed by atoms with van der Waals surface area (Å²) in [4.78, 5) is 13.8. The van der Waals surface area contributed by atoms with Crippen LogP contribution in [0.25, 0.3) is 0 Å². The lowest BCUT2D eigenvalue weighted by molar-refractivity contribution is -0.128. The van der Waals surface area contributed by atoms with Gasteiger partial charge in [0.25, 0.3) is 0 Å². The van der Waals surface area contributed by atoms with Gasteiger partial charge in [0.2, 0.25) is 0 Å². The first kappa shape index (κ1) is 48.6. The standard InChI is InChI=1S/C57H76O7S/c1-33(2)63-50-38-20-36-25-43(52(3,4)5)23-34(48(36)59)19-35-24-44(53(6,7)8)26-37(49(35)60)21-40-29-46(55(12,13)14)30-41(22-39(50)28-45(27-38)54(9,10)11)51(40)64-65(61,62)32-57-18-17-42(31-47(57)58)56(57,15)16/h23-30,33,42,59-60H,17-22,31-32H2,1-16H3/t42-,57-/m1/s1. The van der Waals surface area contributed by atoms with Crippen LogP contribution in [0.3, 0.4) is 0 Å². The van der Waals surface area contributed by atoms with Crippen LogP contribution in [0.15, 0.2) is 48.5 Å². The Labute approximate surface area is 390 Å². The molecule has 2 fully saturated rings. The maximum atomic E-state index is 14.9. The number of ether oxygens (including phenoxy) is 1. The van der Waals surface area contributed by atoms with Crippen LogP contribution in [0, 0.1) is 16.7 Å². The second-order valence-corrected chi connectivity index (χ2v) is 26.4. The van der Waals surface area contributed by atoms with E-state index in [9.17, 15) is 23.4 Å². The fourth-order valence-corrected chi connectivity index (χ4v) is 12.5. The molecule has 3 aliphatic carbocycles. The highest BCUT2D eigenvalue weighted by molar-refractivity contribution is 7.87. The van der Waals surface area contributed by atoms with Crippen molar-refractivity contribution in [1.82, 2.24) is 0 Å². The quantitative estimate of drug-likeness (QED) is 0.163. The minimum absolute atomic E-state index is 0.0137. The third kappa shape index (κ3) is 9.36. The van der Waals surface area contributed by atoms with Crippen molar-refractivity contribution >= 4 is 15.9 Å². The minimum atomic E-state index is -4.36. The summed E-state index contributed by atoms with van der Waals surface area (Å²) in [6.45, 7) is 34.1. The van der Waals surface area contributed by atoms with Crippen molar-refractivity contribution in [3.05, 3.63) is 115 Å². The Morgan fingerprint density at radius 1 is 0.585 bits per heavy atom. The van der Waals surface area contributed by atoms with Crippen LogP contribution in [0.4, 0.5) is 0 Å². The summed E-state index contributed by atoms with van der Waals surface area (Å²) in [6, 6.07) is 16.8. The molecule has 0 aliphatic heterocycles. The van der Waals surface area contributed by atoms with Crippen LogP contribution in [-0.2, 0) is 62.3 Å². The van der Waals surface area contributed by atoms with Crippen molar-refractivity contribution in [2.45, 2.75) is 183 Å². The fraction of sp³-hybridized carbons (Fsp3) is 0.561. The van der Waals surface area contributed by atoms with Gasteiger partial charge >= 0.3 is 10.1 Å². The van der Waals surface area contributed by atoms with E-state index in [2.05, 4.69) is 113 Å². The zero-order valence-electron chi connectivity index (χ0n) is 42.3. The maximum Gasteiger partial charge on any atom is 0.310 e. The van der Waals surface area contributed by atoms with Crippen LogP contribution in [0.1, 0.15) is 197 Å². The number of hydrogen-bond acceptors (Lipinski definition) is 7. The summed E-state index contributed by atoms with van der Waals surface area (Å²) in [6.07, 6.45) is 2.64. The van der Waals surface area contributed by atoms with E-state index in [0.717, 1.165) is 50.9 Å². The van der Waals surface area contributed by atoms with Crippen LogP contribution in [-0.4, -0.2) is 36.3 Å². The van der Waals surface area contributed by atoms with Gasteiger partial charge in [0.05, 0.1) is 17.3 Å². The Balaban J connectivity index is 1.57. The number of Topliss-reactive ketones (excluding diaryl/α,β-unsaturated/α-hetero) is 1. The Morgan fingerprint density at radius 2 is 0.908 bits per heavy atom. The number of phenols is 2. The zero-order valence-corrected chi connectivity index (χ0v) is 43.1. The number of aromatic hydroxyl groups is 2. The summed E-state index contributed by atoms with van der Waals surface area (Å²) >= 11 is 0. The molecule has 7 nitrogen and oxygen atoms in total. The Bertz CT molecular complexity index is 2660. The van der Waals surface area contributed by atoms with Crippen molar-refractivity contribution in [3.63, 3.8) is 0 Å². The molecule has 2 N–H and O–H groups in total. The Morgan fingerprint density at radius 3 is 1.22 bits per heavy atom. The predicted molar refractivity (Wildman–Crippen MR) is 264 cm³/mol. The molecule has 352 valence electrons. The van der Waals surface area contributed by atoms with Crippen LogP contribution in [0.2, 0.25) is 0 Å². The summed E-state index contributed by atoms with van der Waals surface area (Å²) in [5.41, 5.74) is 7.40. The third-order valence-electron chi connectivity index (χ3n) is 15.1. The van der Waals surface area contributed by atoms with Gasteiger partial charge in [0.15, 0.2) is 0 Å². The minimum Gasteiger partial charge on any atom is -0.507 e. The normalized spacial score (nSPS) is 20.1. The van der Waals surface area contributed by atoms with Crippen molar-refractivity contribution in [2.24, 2.45) is 16.7 Å². The first-order chi connectivity index (χ1) is 29.7. The van der Waals surface area contributed by atoms with E-state index in [1.807, 2.05) is 45.9 Å². The first-order valence-electron chi connectivity index (χ1n) is 23.9. The largest absolute Gasteiger partial charge is 0.507 e. The van der Waals surface area contributed by atoms with E-state index in [1.165, 1.54) is 0 Å². The van der Waals surface area contributed by atoms with Crippen molar-refractivity contribution in [1.29, 1.82) is 0 Å². The number of hydrogen-bond donors (Lipinski definition) is 2. The lowest BCUT2D eigenvalue weighted by atomic mass is 9.70. The molecule has 10 bridgehead atoms. The summed E-state index contributed by atoms with van der Waals surface area (Å²) < 4.78 is 43.3. The summed E-state index contributed by atoms with van der Waals surface area (Å²) in [5, 5.41) is 24.8. The third-order valence-corrected chi connectivity index (χ3v) is 16.4. The lowest BCUT2D eigenvalue weighted by Gasteiger charge is -2.36. The van der Waals surface area contributed by atoms with Crippen molar-refractivity contribution in [2.75, 3.05) is 5.75 Å². The van der Waals surface area contributed by atoms with Crippen LogP contribution < -0.4 is 8.92 Å². The molecule has 0 spiro atoms. The molecule has 0 amide bonds. The van der Waals surface area contributed by atoms with Gasteiger partial charge in [-0.1, -0.05) is 145 Å². The van der Waals surface area contributed by atoms with Crippen molar-refractivity contribution < 1.29 is 32.3 Å². The van der Waals surface area contributed by atoms with Gasteiger partial charge in [-0.05, 0) is 115 Å². The number of fused-ring (bicyclic) bond motifs is 10. The van der Waals surface area contributed by atoms with Gasteiger partial charge in [-0.25, -0.2) is 0 Å². The predicted octanol–water partition coefficient (Wildman–Crippen LogP) is 12.9. The van der Waals surface area contributed by atoms with Gasteiger partial charge < -0.3 is 19.1 Å². The molecule has 0 aromatic heterocycles. The topological polar surface area (TPSA) is 110 Å². The number of carbonyl (C=O) groups is 1. The lowest BCUT2D eigenvalue weighted by Crippen LogP contribution is -2.43. The van der Waals surface area contributed by atoms with Crippen LogP contribution >= 0.6 is 0 Å². The van der Waals surface area contributed by atoms with Gasteiger partial charge in [-0.15, -0.1) is 0 Å². The maximum absolute atomic E-state index is 14.9. The monoisotopic (exact) mass is 905 g/mol. The number of rotatable bonds is 6. The molecule has 0 saturated heterocycles. The summed E-state index contributed by atoms with van der Waals surface area (Å²) in [7, 11) is -4.36. The van der Waals surface area contributed by atoms with Gasteiger partial charge in [0.1, 0.15) is 28.8 Å². The van der Waals surface area contributed by atoms with E-state index in [4.69, 9.17) is 8.92 Å². The number of ketones is 1. The van der Waals surface area contributed by atoms with Gasteiger partial charge in [-0.2, -0.15) is 8.42 Å². The Hall–Kier alpha value is -4.30. The Kier molecular flexibility index (Phi) is 12.1. The average molecular weight is 905 g/mol. The number of benzene rings is 4. The molecule has 4 aromatic rings. The molecule has 8 heteroatoms. The number of phenolic OH excluding ortho intramolecular Hbond substituents is 2. The molecular weight excluding hydrogens is 829 g/mol. The molecule has 2 saturated carbocycles. The second kappa shape index (κ2) is 16.2. The molecule has 0 radical (unpaired) electrons. The SMILES string of the molecule is CC(C)Oc1c2cc(C(C)(C)C)cc1Cc1cc(C(C)(C)C)cc(c1OS(=O)(=O)C[C@]13CC[C@H](CC1=O)C3(C)C)Cc1cc(C(C)(C)C)cc(c1O)Cc1cc(C(C)(C)C)cc(c1O)C2. The molecule has 4 aromatic carbocycles. The zero-order chi connectivity index (χ0) is 48.2. The van der Waals surface area contributed by atoms with Gasteiger partial charge in [0, 0.05) is 43.2 Å².